The summed E-state index contributed by atoms with van der Waals surface area (Å²) in [7, 11) is 8.59. The van der Waals surface area contributed by atoms with E-state index in [0.717, 1.165) is 16.7 Å². The number of hydrogen-bond acceptors (Lipinski definition) is 1. The van der Waals surface area contributed by atoms with Crippen LogP contribution >= 0.6 is 0 Å². The predicted molar refractivity (Wildman–Crippen MR) is 74.0 cm³/mol. The van der Waals surface area contributed by atoms with Crippen molar-refractivity contribution in [3.05, 3.63) is 35.5 Å². The molecule has 0 N–H and O–H groups in total. The Morgan fingerprint density at radius 2 is 1.84 bits per heavy atom. The molecule has 4 heteroatoms. The van der Waals surface area contributed by atoms with Gasteiger partial charge in [-0.2, -0.15) is 5.26 Å². The van der Waals surface area contributed by atoms with Crippen molar-refractivity contribution in [1.29, 1.82) is 5.26 Å². The zero-order valence-corrected chi connectivity index (χ0v) is 14.1. The first kappa shape index (κ1) is 16.0. The van der Waals surface area contributed by atoms with Gasteiger partial charge in [0, 0.05) is 29.2 Å². The number of nitriles is 1. The number of nitrogens with zero attached hydrogens (tertiary/aromatic N) is 3. The number of aryl methyl sites for hydroxylation is 1. The number of aromatic nitrogens is 1. The van der Waals surface area contributed by atoms with E-state index in [-0.39, 0.29) is 24.0 Å². The summed E-state index contributed by atoms with van der Waals surface area (Å²) >= 11 is 0. The van der Waals surface area contributed by atoms with Crippen LogP contribution in [0, 0.1) is 11.3 Å². The Hall–Kier alpha value is -1.06. The highest BCUT2D eigenvalue weighted by atomic mass is 127. The fourth-order valence-electron chi connectivity index (χ4n) is 2.48. The molecule has 0 radical (unpaired) electrons. The highest BCUT2D eigenvalue weighted by molar-refractivity contribution is 5.85. The molecule has 1 aromatic carbocycles. The first-order valence-corrected chi connectivity index (χ1v) is 6.16. The third-order valence-corrected chi connectivity index (χ3v) is 3.22. The Kier molecular flexibility index (Phi) is 4.99. The van der Waals surface area contributed by atoms with E-state index >= 15 is 0 Å². The number of fused-ring (bicyclic) bond motifs is 1. The smallest absolute Gasteiger partial charge is 0.106 e. The molecule has 0 aliphatic rings. The van der Waals surface area contributed by atoms with Gasteiger partial charge in [0.1, 0.15) is 6.54 Å². The molecule has 0 unspecified atom stereocenters. The summed E-state index contributed by atoms with van der Waals surface area (Å²) < 4.78 is 3.02. The van der Waals surface area contributed by atoms with Crippen molar-refractivity contribution in [2.75, 3.05) is 21.1 Å². The minimum absolute atomic E-state index is 0. The number of rotatable bonds is 3. The molecule has 1 heterocycles. The molecular formula is C15H20IN3. The quantitative estimate of drug-likeness (QED) is 0.528. The van der Waals surface area contributed by atoms with Gasteiger partial charge in [-0.15, -0.1) is 0 Å². The van der Waals surface area contributed by atoms with Crippen LogP contribution in [0.4, 0.5) is 0 Å². The summed E-state index contributed by atoms with van der Waals surface area (Å²) in [4.78, 5) is 0. The largest absolute Gasteiger partial charge is 1.00 e. The Balaban J connectivity index is 0.00000180. The molecule has 0 aliphatic heterocycles. The molecule has 19 heavy (non-hydrogen) atoms. The van der Waals surface area contributed by atoms with Crippen LogP contribution in [0.15, 0.2) is 24.3 Å². The van der Waals surface area contributed by atoms with Crippen LogP contribution in [0.1, 0.15) is 11.3 Å². The van der Waals surface area contributed by atoms with Crippen LogP contribution in [0.25, 0.3) is 10.9 Å². The van der Waals surface area contributed by atoms with Gasteiger partial charge in [0.25, 0.3) is 0 Å². The maximum absolute atomic E-state index is 9.02. The number of para-hydroxylation sites is 1. The lowest BCUT2D eigenvalue weighted by Crippen LogP contribution is -3.00. The van der Waals surface area contributed by atoms with Crippen LogP contribution in [-0.4, -0.2) is 30.2 Å². The molecule has 0 saturated carbocycles. The predicted octanol–water partition coefficient (Wildman–Crippen LogP) is -0.545. The zero-order chi connectivity index (χ0) is 13.3. The van der Waals surface area contributed by atoms with E-state index < -0.39 is 0 Å². The average molecular weight is 369 g/mol. The summed E-state index contributed by atoms with van der Waals surface area (Å²) in [5.41, 5.74) is 3.67. The SMILES string of the molecule is Cn1c(CC#N)c(C[N+](C)(C)C)c2ccccc21.[I-]. The molecule has 0 spiro atoms. The lowest BCUT2D eigenvalue weighted by atomic mass is 10.1. The fourth-order valence-corrected chi connectivity index (χ4v) is 2.48. The molecular weight excluding hydrogens is 349 g/mol. The monoisotopic (exact) mass is 369 g/mol. The van der Waals surface area contributed by atoms with E-state index in [4.69, 9.17) is 5.26 Å². The van der Waals surface area contributed by atoms with E-state index in [9.17, 15) is 0 Å². The van der Waals surface area contributed by atoms with Gasteiger partial charge < -0.3 is 33.0 Å². The van der Waals surface area contributed by atoms with E-state index in [2.05, 4.69) is 50.0 Å². The molecule has 1 aromatic heterocycles. The second-order valence-corrected chi connectivity index (χ2v) is 5.78. The number of quaternary nitrogens is 1. The summed E-state index contributed by atoms with van der Waals surface area (Å²) in [6.07, 6.45) is 0.473. The molecule has 102 valence electrons. The van der Waals surface area contributed by atoms with E-state index in [1.807, 2.05) is 13.1 Å². The van der Waals surface area contributed by atoms with Gasteiger partial charge in [0.05, 0.1) is 33.6 Å². The molecule has 0 saturated heterocycles. The van der Waals surface area contributed by atoms with E-state index in [0.29, 0.717) is 6.42 Å². The third-order valence-electron chi connectivity index (χ3n) is 3.22. The lowest BCUT2D eigenvalue weighted by Gasteiger charge is -2.24. The number of benzene rings is 1. The van der Waals surface area contributed by atoms with Crippen LogP contribution in [0.5, 0.6) is 0 Å². The maximum atomic E-state index is 9.02. The van der Waals surface area contributed by atoms with Crippen molar-refractivity contribution in [2.24, 2.45) is 7.05 Å². The Morgan fingerprint density at radius 1 is 1.21 bits per heavy atom. The minimum Gasteiger partial charge on any atom is -1.00 e. The highest BCUT2D eigenvalue weighted by Gasteiger charge is 2.19. The Bertz CT molecular complexity index is 615. The summed E-state index contributed by atoms with van der Waals surface area (Å²) in [6, 6.07) is 10.7. The highest BCUT2D eigenvalue weighted by Crippen LogP contribution is 2.27. The topological polar surface area (TPSA) is 28.7 Å². The van der Waals surface area contributed by atoms with Crippen molar-refractivity contribution >= 4 is 10.9 Å². The summed E-state index contributed by atoms with van der Waals surface area (Å²) in [5.74, 6) is 0. The second kappa shape index (κ2) is 5.93. The Labute approximate surface area is 132 Å². The number of hydrogen-bond donors (Lipinski definition) is 0. The first-order valence-electron chi connectivity index (χ1n) is 6.16. The van der Waals surface area contributed by atoms with Crippen molar-refractivity contribution in [2.45, 2.75) is 13.0 Å². The van der Waals surface area contributed by atoms with Crippen LogP contribution < -0.4 is 24.0 Å². The van der Waals surface area contributed by atoms with Crippen molar-refractivity contribution < 1.29 is 28.5 Å². The van der Waals surface area contributed by atoms with Crippen molar-refractivity contribution in [1.82, 2.24) is 4.57 Å². The molecule has 0 amide bonds. The minimum atomic E-state index is 0. The Morgan fingerprint density at radius 3 is 2.42 bits per heavy atom. The molecule has 2 aromatic rings. The van der Waals surface area contributed by atoms with Crippen molar-refractivity contribution in [3.8, 4) is 6.07 Å². The summed E-state index contributed by atoms with van der Waals surface area (Å²) in [5, 5.41) is 10.3. The zero-order valence-electron chi connectivity index (χ0n) is 11.9. The van der Waals surface area contributed by atoms with E-state index in [1.165, 1.54) is 16.5 Å². The average Bonchev–Trinajstić information content (AvgIpc) is 2.54. The fraction of sp³-hybridized carbons (Fsp3) is 0.400. The molecule has 3 nitrogen and oxygen atoms in total. The maximum Gasteiger partial charge on any atom is 0.106 e. The lowest BCUT2D eigenvalue weighted by molar-refractivity contribution is -0.883. The van der Waals surface area contributed by atoms with Crippen molar-refractivity contribution in [3.63, 3.8) is 0 Å². The normalized spacial score (nSPS) is 11.1. The summed E-state index contributed by atoms with van der Waals surface area (Å²) in [6.45, 7) is 0.943. The molecule has 0 fully saturated rings. The van der Waals surface area contributed by atoms with Gasteiger partial charge in [0.2, 0.25) is 0 Å². The second-order valence-electron chi connectivity index (χ2n) is 5.78. The van der Waals surface area contributed by atoms with Crippen LogP contribution in [0.3, 0.4) is 0 Å². The van der Waals surface area contributed by atoms with Gasteiger partial charge >= 0.3 is 0 Å². The van der Waals surface area contributed by atoms with Crippen LogP contribution in [0.2, 0.25) is 0 Å². The molecule has 2 rings (SSSR count). The van der Waals surface area contributed by atoms with Gasteiger partial charge in [-0.25, -0.2) is 0 Å². The molecule has 0 bridgehead atoms. The van der Waals surface area contributed by atoms with Gasteiger partial charge in [-0.1, -0.05) is 18.2 Å². The number of halogens is 1. The molecule has 0 aliphatic carbocycles. The van der Waals surface area contributed by atoms with Gasteiger partial charge in [0.15, 0.2) is 0 Å². The third kappa shape index (κ3) is 3.28. The van der Waals surface area contributed by atoms with Gasteiger partial charge in [-0.05, 0) is 6.07 Å². The molecule has 0 atom stereocenters. The van der Waals surface area contributed by atoms with Crippen LogP contribution in [-0.2, 0) is 20.0 Å². The van der Waals surface area contributed by atoms with E-state index in [1.54, 1.807) is 0 Å². The standard InChI is InChI=1S/C15H20N3.HI/c1-17-14-8-6-5-7-12(14)13(11-18(2,3)4)15(17)9-10-16;/h5-8H,9,11H2,1-4H3;1H/q+1;/p-1. The first-order chi connectivity index (χ1) is 8.44. The van der Waals surface area contributed by atoms with Gasteiger partial charge in [-0.3, -0.25) is 0 Å².